The maximum atomic E-state index is 13.9. The second kappa shape index (κ2) is 11.7. The molecule has 0 saturated carbocycles. The Morgan fingerprint density at radius 2 is 1.98 bits per heavy atom. The lowest BCUT2D eigenvalue weighted by atomic mass is 9.95. The van der Waals surface area contributed by atoms with Crippen molar-refractivity contribution < 1.29 is 23.6 Å². The molecule has 0 unspecified atom stereocenters. The molecule has 1 atom stereocenters. The van der Waals surface area contributed by atoms with Crippen LogP contribution in [0, 0.1) is 10.1 Å². The van der Waals surface area contributed by atoms with Crippen LogP contribution in [0.2, 0.25) is 0 Å². The summed E-state index contributed by atoms with van der Waals surface area (Å²) in [6.45, 7) is 5.88. The molecule has 2 aromatic carbocycles. The predicted octanol–water partition coefficient (Wildman–Crippen LogP) is 5.13. The van der Waals surface area contributed by atoms with E-state index in [4.69, 9.17) is 13.9 Å². The number of carbonyl (C=O) groups excluding carboxylic acids is 1. The number of carbonyl (C=O) groups is 1. The Morgan fingerprint density at radius 1 is 1.20 bits per heavy atom. The Labute approximate surface area is 246 Å². The number of furan rings is 1. The van der Waals surface area contributed by atoms with E-state index < -0.39 is 16.9 Å². The van der Waals surface area contributed by atoms with Crippen LogP contribution in [0.1, 0.15) is 38.1 Å². The van der Waals surface area contributed by atoms with Crippen LogP contribution in [0.5, 0.6) is 5.75 Å². The SMILES string of the molecule is CCOC(=O)C1=C(C)N=c2s/c(=C\c3ccc(-c4ccc([N+](=O)[O-])cc4Br)o3)c(=O)n2[C@@H]1c1ccccc1OCC. The zero-order valence-corrected chi connectivity index (χ0v) is 24.7. The van der Waals surface area contributed by atoms with Crippen molar-refractivity contribution in [3.8, 4) is 17.1 Å². The molecule has 1 aliphatic heterocycles. The molecule has 2 aromatic heterocycles. The third-order valence-electron chi connectivity index (χ3n) is 6.36. The number of aromatic nitrogens is 1. The monoisotopic (exact) mass is 637 g/mol. The van der Waals surface area contributed by atoms with Gasteiger partial charge in [-0.3, -0.25) is 19.5 Å². The van der Waals surface area contributed by atoms with Gasteiger partial charge < -0.3 is 13.9 Å². The Balaban J connectivity index is 1.63. The fourth-order valence-corrected chi connectivity index (χ4v) is 6.19. The van der Waals surface area contributed by atoms with Crippen molar-refractivity contribution in [3.05, 3.63) is 111 Å². The molecule has 12 heteroatoms. The number of hydrogen-bond acceptors (Lipinski definition) is 9. The van der Waals surface area contributed by atoms with Gasteiger partial charge >= 0.3 is 5.97 Å². The van der Waals surface area contributed by atoms with Crippen LogP contribution in [0.4, 0.5) is 5.69 Å². The molecule has 5 rings (SSSR count). The number of nitrogens with zero attached hydrogens (tertiary/aromatic N) is 3. The number of fused-ring (bicyclic) bond motifs is 1. The van der Waals surface area contributed by atoms with E-state index in [1.807, 2.05) is 25.1 Å². The number of nitro benzene ring substituents is 1. The standard InChI is InChI=1S/C29H24BrN3O7S/c1-4-38-22-9-7-6-8-20(22)26-25(28(35)39-5-2)16(3)31-29-32(26)27(34)24(41-29)15-18-11-13-23(40-18)19-12-10-17(33(36)37)14-21(19)30/h6-15,26H,4-5H2,1-3H3/b24-15-/t26-/m1/s1. The second-order valence-corrected chi connectivity index (χ2v) is 10.8. The molecular weight excluding hydrogens is 614 g/mol. The van der Waals surface area contributed by atoms with Crippen molar-refractivity contribution >= 4 is 45.0 Å². The highest BCUT2D eigenvalue weighted by Crippen LogP contribution is 2.36. The highest BCUT2D eigenvalue weighted by atomic mass is 79.9. The van der Waals surface area contributed by atoms with Crippen LogP contribution in [0.25, 0.3) is 17.4 Å². The summed E-state index contributed by atoms with van der Waals surface area (Å²) in [4.78, 5) is 42.7. The summed E-state index contributed by atoms with van der Waals surface area (Å²) in [5.74, 6) is 0.872. The molecular formula is C29H24BrN3O7S. The quantitative estimate of drug-likeness (QED) is 0.149. The molecule has 0 bridgehead atoms. The molecule has 10 nitrogen and oxygen atoms in total. The lowest BCUT2D eigenvalue weighted by molar-refractivity contribution is -0.384. The third kappa shape index (κ3) is 5.40. The minimum atomic E-state index is -0.807. The van der Waals surface area contributed by atoms with Gasteiger partial charge in [-0.1, -0.05) is 29.5 Å². The van der Waals surface area contributed by atoms with Crippen LogP contribution in [-0.2, 0) is 9.53 Å². The molecule has 0 saturated heterocycles. The Hall–Kier alpha value is -4.29. The topological polar surface area (TPSA) is 126 Å². The summed E-state index contributed by atoms with van der Waals surface area (Å²) in [5, 5.41) is 11.1. The summed E-state index contributed by atoms with van der Waals surface area (Å²) in [5.41, 5.74) is 1.58. The second-order valence-electron chi connectivity index (χ2n) is 8.90. The van der Waals surface area contributed by atoms with E-state index in [1.54, 1.807) is 44.2 Å². The molecule has 210 valence electrons. The van der Waals surface area contributed by atoms with Gasteiger partial charge in [0, 0.05) is 33.8 Å². The summed E-state index contributed by atoms with van der Waals surface area (Å²) in [6, 6.07) is 14.3. The largest absolute Gasteiger partial charge is 0.494 e. The summed E-state index contributed by atoms with van der Waals surface area (Å²) >= 11 is 4.54. The number of para-hydroxylation sites is 1. The summed E-state index contributed by atoms with van der Waals surface area (Å²) in [6.07, 6.45) is 1.61. The normalized spacial score (nSPS) is 14.9. The van der Waals surface area contributed by atoms with Gasteiger partial charge in [0.2, 0.25) is 0 Å². The van der Waals surface area contributed by atoms with Crippen molar-refractivity contribution in [1.82, 2.24) is 4.57 Å². The van der Waals surface area contributed by atoms with Gasteiger partial charge in [0.05, 0.1) is 33.9 Å². The first-order valence-corrected chi connectivity index (χ1v) is 14.3. The van der Waals surface area contributed by atoms with Crippen LogP contribution in [-0.4, -0.2) is 28.7 Å². The van der Waals surface area contributed by atoms with Gasteiger partial charge in [0.1, 0.15) is 23.3 Å². The highest BCUT2D eigenvalue weighted by Gasteiger charge is 2.35. The molecule has 41 heavy (non-hydrogen) atoms. The van der Waals surface area contributed by atoms with Crippen molar-refractivity contribution in [3.63, 3.8) is 0 Å². The number of esters is 1. The smallest absolute Gasteiger partial charge is 0.338 e. The molecule has 0 fully saturated rings. The van der Waals surface area contributed by atoms with E-state index >= 15 is 0 Å². The van der Waals surface area contributed by atoms with Crippen LogP contribution in [0.3, 0.4) is 0 Å². The highest BCUT2D eigenvalue weighted by molar-refractivity contribution is 9.10. The van der Waals surface area contributed by atoms with E-state index in [0.717, 1.165) is 0 Å². The third-order valence-corrected chi connectivity index (χ3v) is 8.00. The van der Waals surface area contributed by atoms with Crippen molar-refractivity contribution in [2.24, 2.45) is 4.99 Å². The van der Waals surface area contributed by atoms with E-state index in [-0.39, 0.29) is 23.4 Å². The lowest BCUT2D eigenvalue weighted by Crippen LogP contribution is -2.40. The maximum absolute atomic E-state index is 13.9. The van der Waals surface area contributed by atoms with E-state index in [1.165, 1.54) is 28.0 Å². The number of ether oxygens (including phenoxy) is 2. The molecule has 0 N–H and O–H groups in total. The molecule has 4 aromatic rings. The average molecular weight is 638 g/mol. The van der Waals surface area contributed by atoms with E-state index in [9.17, 15) is 19.7 Å². The molecule has 3 heterocycles. The van der Waals surface area contributed by atoms with Crippen molar-refractivity contribution in [2.45, 2.75) is 26.8 Å². The Morgan fingerprint density at radius 3 is 2.68 bits per heavy atom. The fraction of sp³-hybridized carbons (Fsp3) is 0.207. The molecule has 0 radical (unpaired) electrons. The fourth-order valence-electron chi connectivity index (χ4n) is 4.60. The number of nitro groups is 1. The van der Waals surface area contributed by atoms with E-state index in [2.05, 4.69) is 20.9 Å². The minimum Gasteiger partial charge on any atom is -0.494 e. The number of allylic oxidation sites excluding steroid dienone is 1. The lowest BCUT2D eigenvalue weighted by Gasteiger charge is -2.26. The van der Waals surface area contributed by atoms with Crippen molar-refractivity contribution in [1.29, 1.82) is 0 Å². The number of hydrogen-bond donors (Lipinski definition) is 0. The zero-order chi connectivity index (χ0) is 29.3. The zero-order valence-electron chi connectivity index (χ0n) is 22.3. The molecule has 0 amide bonds. The summed E-state index contributed by atoms with van der Waals surface area (Å²) < 4.78 is 19.6. The first-order chi connectivity index (χ1) is 19.7. The number of benzene rings is 2. The van der Waals surface area contributed by atoms with Gasteiger partial charge in [0.15, 0.2) is 4.80 Å². The Kier molecular flexibility index (Phi) is 8.04. The van der Waals surface area contributed by atoms with E-state index in [0.29, 0.717) is 54.5 Å². The molecule has 1 aliphatic rings. The van der Waals surface area contributed by atoms with Gasteiger partial charge in [-0.05, 0) is 61.0 Å². The van der Waals surface area contributed by atoms with Gasteiger partial charge in [-0.25, -0.2) is 9.79 Å². The summed E-state index contributed by atoms with van der Waals surface area (Å²) in [7, 11) is 0. The van der Waals surface area contributed by atoms with Crippen LogP contribution < -0.4 is 19.6 Å². The minimum absolute atomic E-state index is 0.0496. The first-order valence-electron chi connectivity index (χ1n) is 12.7. The van der Waals surface area contributed by atoms with Gasteiger partial charge in [0.25, 0.3) is 11.2 Å². The molecule has 0 spiro atoms. The Bertz CT molecular complexity index is 1890. The van der Waals surface area contributed by atoms with Crippen LogP contribution in [0.15, 0.2) is 84.5 Å². The van der Waals surface area contributed by atoms with Crippen LogP contribution >= 0.6 is 27.3 Å². The predicted molar refractivity (Wildman–Crippen MR) is 157 cm³/mol. The van der Waals surface area contributed by atoms with Gasteiger partial charge in [-0.2, -0.15) is 0 Å². The average Bonchev–Trinajstić information content (AvgIpc) is 3.52. The molecule has 0 aliphatic carbocycles. The number of thiazole rings is 1. The number of non-ortho nitro benzene ring substituents is 1. The van der Waals surface area contributed by atoms with Gasteiger partial charge in [-0.15, -0.1) is 0 Å². The first kappa shape index (κ1) is 28.2. The number of rotatable bonds is 8. The number of halogens is 1. The van der Waals surface area contributed by atoms with Crippen molar-refractivity contribution in [2.75, 3.05) is 13.2 Å². The maximum Gasteiger partial charge on any atom is 0.338 e.